The number of furan rings is 1. The molecule has 0 aliphatic carbocycles. The molecule has 152 valence electrons. The van der Waals surface area contributed by atoms with Gasteiger partial charge in [0.1, 0.15) is 5.76 Å². The van der Waals surface area contributed by atoms with Crippen LogP contribution in [0.4, 0.5) is 5.69 Å². The first kappa shape index (κ1) is 20.6. The Morgan fingerprint density at radius 3 is 2.71 bits per heavy atom. The number of rotatable bonds is 7. The Morgan fingerprint density at radius 1 is 1.29 bits per heavy atom. The number of amides is 1. The van der Waals surface area contributed by atoms with Crippen molar-refractivity contribution in [2.75, 3.05) is 18.0 Å². The lowest BCUT2D eigenvalue weighted by atomic mass is 10.0. The summed E-state index contributed by atoms with van der Waals surface area (Å²) in [6, 6.07) is 8.65. The van der Waals surface area contributed by atoms with Crippen molar-refractivity contribution in [2.45, 2.75) is 51.5 Å². The highest BCUT2D eigenvalue weighted by molar-refractivity contribution is 7.89. The SMILES string of the molecule is CC(=O)N1CCCc2cc(S(=O)(=O)N(CCC(C)C)Cc3ccco3)ccc21. The maximum atomic E-state index is 13.4. The second-order valence-corrected chi connectivity index (χ2v) is 9.60. The molecule has 0 fully saturated rings. The molecule has 3 rings (SSSR count). The highest BCUT2D eigenvalue weighted by atomic mass is 32.2. The zero-order valence-electron chi connectivity index (χ0n) is 16.7. The largest absolute Gasteiger partial charge is 0.468 e. The van der Waals surface area contributed by atoms with Crippen molar-refractivity contribution in [3.05, 3.63) is 47.9 Å². The Labute approximate surface area is 167 Å². The lowest BCUT2D eigenvalue weighted by Crippen LogP contribution is -2.34. The summed E-state index contributed by atoms with van der Waals surface area (Å²) in [5.74, 6) is 0.989. The van der Waals surface area contributed by atoms with Gasteiger partial charge in [-0.05, 0) is 61.1 Å². The van der Waals surface area contributed by atoms with Crippen LogP contribution in [-0.4, -0.2) is 31.7 Å². The number of hydrogen-bond acceptors (Lipinski definition) is 4. The molecule has 1 aromatic carbocycles. The van der Waals surface area contributed by atoms with Crippen molar-refractivity contribution in [3.8, 4) is 0 Å². The van der Waals surface area contributed by atoms with E-state index in [-0.39, 0.29) is 17.3 Å². The van der Waals surface area contributed by atoms with Crippen molar-refractivity contribution < 1.29 is 17.6 Å². The van der Waals surface area contributed by atoms with Crippen molar-refractivity contribution in [1.29, 1.82) is 0 Å². The lowest BCUT2D eigenvalue weighted by molar-refractivity contribution is -0.116. The minimum Gasteiger partial charge on any atom is -0.468 e. The third kappa shape index (κ3) is 4.47. The number of nitrogens with zero attached hydrogens (tertiary/aromatic N) is 2. The van der Waals surface area contributed by atoms with E-state index in [0.717, 1.165) is 30.5 Å². The minimum atomic E-state index is -3.67. The number of carbonyl (C=O) groups excluding carboxylic acids is 1. The molecule has 0 atom stereocenters. The Morgan fingerprint density at radius 2 is 2.07 bits per heavy atom. The van der Waals surface area contributed by atoms with Crippen LogP contribution in [0.2, 0.25) is 0 Å². The van der Waals surface area contributed by atoms with Gasteiger partial charge in [-0.25, -0.2) is 8.42 Å². The molecule has 0 spiro atoms. The quantitative estimate of drug-likeness (QED) is 0.703. The molecule has 0 bridgehead atoms. The van der Waals surface area contributed by atoms with Gasteiger partial charge in [0.15, 0.2) is 0 Å². The predicted octanol–water partition coefficient (Wildman–Crippen LogP) is 3.82. The molecule has 1 aliphatic heterocycles. The number of hydrogen-bond donors (Lipinski definition) is 0. The van der Waals surface area contributed by atoms with E-state index in [9.17, 15) is 13.2 Å². The van der Waals surface area contributed by atoms with Crippen molar-refractivity contribution in [2.24, 2.45) is 5.92 Å². The summed E-state index contributed by atoms with van der Waals surface area (Å²) in [6.07, 6.45) is 3.92. The minimum absolute atomic E-state index is 0.0204. The second kappa shape index (κ2) is 8.49. The Balaban J connectivity index is 1.93. The molecule has 1 aromatic heterocycles. The molecule has 0 saturated carbocycles. The van der Waals surface area contributed by atoms with E-state index in [4.69, 9.17) is 4.42 Å². The average Bonchev–Trinajstić information content (AvgIpc) is 3.16. The third-order valence-corrected chi connectivity index (χ3v) is 6.90. The van der Waals surface area contributed by atoms with Crippen LogP contribution >= 0.6 is 0 Å². The molecule has 1 aliphatic rings. The van der Waals surface area contributed by atoms with Crippen LogP contribution in [0.5, 0.6) is 0 Å². The van der Waals surface area contributed by atoms with Crippen LogP contribution in [0.1, 0.15) is 44.9 Å². The number of sulfonamides is 1. The fourth-order valence-corrected chi connectivity index (χ4v) is 4.95. The highest BCUT2D eigenvalue weighted by Crippen LogP contribution is 2.31. The molecule has 2 aromatic rings. The van der Waals surface area contributed by atoms with E-state index in [2.05, 4.69) is 13.8 Å². The van der Waals surface area contributed by atoms with Crippen LogP contribution < -0.4 is 4.90 Å². The third-order valence-electron chi connectivity index (χ3n) is 5.06. The molecular weight excluding hydrogens is 376 g/mol. The lowest BCUT2D eigenvalue weighted by Gasteiger charge is -2.29. The standard InChI is InChI=1S/C21H28N2O4S/c1-16(2)10-12-22(15-19-7-5-13-27-19)28(25,26)20-8-9-21-18(14-20)6-4-11-23(21)17(3)24/h5,7-9,13-14,16H,4,6,10-12,15H2,1-3H3. The fraction of sp³-hybridized carbons (Fsp3) is 0.476. The molecule has 1 amide bonds. The van der Waals surface area contributed by atoms with Gasteiger partial charge in [-0.15, -0.1) is 0 Å². The zero-order valence-corrected chi connectivity index (χ0v) is 17.5. The topological polar surface area (TPSA) is 70.8 Å². The summed E-state index contributed by atoms with van der Waals surface area (Å²) in [7, 11) is -3.67. The highest BCUT2D eigenvalue weighted by Gasteiger charge is 2.28. The van der Waals surface area contributed by atoms with Crippen LogP contribution in [-0.2, 0) is 27.8 Å². The molecule has 28 heavy (non-hydrogen) atoms. The van der Waals surface area contributed by atoms with Crippen LogP contribution in [0.3, 0.4) is 0 Å². The summed E-state index contributed by atoms with van der Waals surface area (Å²) in [5, 5.41) is 0. The maximum absolute atomic E-state index is 13.4. The number of fused-ring (bicyclic) bond motifs is 1. The molecule has 2 heterocycles. The van der Waals surface area contributed by atoms with Crippen LogP contribution in [0.25, 0.3) is 0 Å². The van der Waals surface area contributed by atoms with E-state index in [0.29, 0.717) is 24.8 Å². The van der Waals surface area contributed by atoms with Gasteiger partial charge in [-0.1, -0.05) is 13.8 Å². The molecule has 0 N–H and O–H groups in total. The Bertz CT molecular complexity index is 920. The van der Waals surface area contributed by atoms with Crippen molar-refractivity contribution in [1.82, 2.24) is 4.31 Å². The summed E-state index contributed by atoms with van der Waals surface area (Å²) >= 11 is 0. The first-order valence-corrected chi connectivity index (χ1v) is 11.2. The second-order valence-electron chi connectivity index (χ2n) is 7.67. The number of aryl methyl sites for hydroxylation is 1. The average molecular weight is 405 g/mol. The molecule has 6 nitrogen and oxygen atoms in total. The van der Waals surface area contributed by atoms with Gasteiger partial charge >= 0.3 is 0 Å². The smallest absolute Gasteiger partial charge is 0.243 e. The summed E-state index contributed by atoms with van der Waals surface area (Å²) in [4.78, 5) is 13.9. The summed E-state index contributed by atoms with van der Waals surface area (Å²) in [6.45, 7) is 7.00. The molecule has 0 radical (unpaired) electrons. The van der Waals surface area contributed by atoms with Crippen molar-refractivity contribution in [3.63, 3.8) is 0 Å². The van der Waals surface area contributed by atoms with E-state index in [1.165, 1.54) is 11.2 Å². The van der Waals surface area contributed by atoms with Gasteiger partial charge in [0.25, 0.3) is 0 Å². The van der Waals surface area contributed by atoms with E-state index < -0.39 is 10.0 Å². The van der Waals surface area contributed by atoms with Crippen LogP contribution in [0.15, 0.2) is 45.9 Å². The monoisotopic (exact) mass is 404 g/mol. The normalized spacial score (nSPS) is 14.5. The van der Waals surface area contributed by atoms with Crippen LogP contribution in [0, 0.1) is 5.92 Å². The fourth-order valence-electron chi connectivity index (χ4n) is 3.47. The molecule has 0 unspecified atom stereocenters. The first-order valence-electron chi connectivity index (χ1n) is 9.72. The maximum Gasteiger partial charge on any atom is 0.243 e. The van der Waals surface area contributed by atoms with E-state index in [1.807, 2.05) is 0 Å². The van der Waals surface area contributed by atoms with Gasteiger partial charge < -0.3 is 9.32 Å². The van der Waals surface area contributed by atoms with Gasteiger partial charge in [-0.3, -0.25) is 4.79 Å². The number of benzene rings is 1. The number of anilines is 1. The van der Waals surface area contributed by atoms with Gasteiger partial charge in [0.05, 0.1) is 17.7 Å². The Kier molecular flexibility index (Phi) is 6.25. The summed E-state index contributed by atoms with van der Waals surface area (Å²) < 4.78 is 33.6. The molecular formula is C21H28N2O4S. The molecule has 0 saturated heterocycles. The number of carbonyl (C=O) groups is 1. The van der Waals surface area contributed by atoms with Crippen molar-refractivity contribution >= 4 is 21.6 Å². The van der Waals surface area contributed by atoms with Gasteiger partial charge in [0, 0.05) is 25.7 Å². The Hall–Kier alpha value is -2.12. The summed E-state index contributed by atoms with van der Waals surface area (Å²) in [5.41, 5.74) is 1.72. The first-order chi connectivity index (χ1) is 13.3. The van der Waals surface area contributed by atoms with Gasteiger partial charge in [-0.2, -0.15) is 4.31 Å². The van der Waals surface area contributed by atoms with E-state index >= 15 is 0 Å². The van der Waals surface area contributed by atoms with E-state index in [1.54, 1.807) is 41.5 Å². The zero-order chi connectivity index (χ0) is 20.3. The van der Waals surface area contributed by atoms with Gasteiger partial charge in [0.2, 0.25) is 15.9 Å². The predicted molar refractivity (Wildman–Crippen MR) is 109 cm³/mol. The molecule has 7 heteroatoms.